The van der Waals surface area contributed by atoms with Crippen molar-refractivity contribution < 1.29 is 9.59 Å². The van der Waals surface area contributed by atoms with Gasteiger partial charge in [0, 0.05) is 21.7 Å². The second-order valence-corrected chi connectivity index (χ2v) is 9.10. The van der Waals surface area contributed by atoms with Crippen molar-refractivity contribution in [2.45, 2.75) is 75.7 Å². The number of rotatable bonds is 4. The van der Waals surface area contributed by atoms with E-state index in [0.29, 0.717) is 6.42 Å². The molecule has 0 spiro atoms. The molecule has 0 radical (unpaired) electrons. The second kappa shape index (κ2) is 5.03. The molecule has 0 aromatic carbocycles. The van der Waals surface area contributed by atoms with Crippen LogP contribution >= 0.6 is 0 Å². The zero-order valence-corrected chi connectivity index (χ0v) is 14.5. The summed E-state index contributed by atoms with van der Waals surface area (Å²) in [6.45, 7) is 19.5. The average molecular weight is 268 g/mol. The minimum atomic E-state index is -0.483. The Kier molecular flexibility index (Phi) is 4.85. The smallest absolute Gasteiger partial charge is 0.143 e. The van der Waals surface area contributed by atoms with Crippen LogP contribution in [-0.4, -0.2) is 11.6 Å². The predicted octanol–water partition coefficient (Wildman–Crippen LogP) is 4.66. The van der Waals surface area contributed by atoms with Gasteiger partial charge in [-0.15, -0.1) is 0 Å². The number of hydrogen-bond acceptors (Lipinski definition) is 2. The van der Waals surface area contributed by atoms with Gasteiger partial charge in [0.15, 0.2) is 0 Å². The van der Waals surface area contributed by atoms with Gasteiger partial charge < -0.3 is 0 Å². The first-order chi connectivity index (χ1) is 8.02. The molecule has 2 nitrogen and oxygen atoms in total. The van der Waals surface area contributed by atoms with Crippen LogP contribution in [0.5, 0.6) is 0 Å². The minimum Gasteiger partial charge on any atom is -0.299 e. The summed E-state index contributed by atoms with van der Waals surface area (Å²) in [7, 11) is 0. The maximum Gasteiger partial charge on any atom is 0.143 e. The van der Waals surface area contributed by atoms with Gasteiger partial charge in [-0.25, -0.2) is 0 Å². The number of hydrogen-bond donors (Lipinski definition) is 0. The van der Waals surface area contributed by atoms with E-state index in [9.17, 15) is 9.59 Å². The van der Waals surface area contributed by atoms with Crippen LogP contribution in [0.1, 0.15) is 75.7 Å². The first kappa shape index (κ1) is 18.3. The molecular weight excluding hydrogens is 236 g/mol. The molecule has 0 fully saturated rings. The number of carbonyl (C=O) groups excluding carboxylic acids is 2. The molecule has 2 heteroatoms. The summed E-state index contributed by atoms with van der Waals surface area (Å²) in [4.78, 5) is 25.1. The number of carbonyl (C=O) groups is 2. The lowest BCUT2D eigenvalue weighted by atomic mass is 9.63. The van der Waals surface area contributed by atoms with E-state index in [4.69, 9.17) is 0 Å². The Morgan fingerprint density at radius 3 is 0.947 bits per heavy atom. The summed E-state index contributed by atoms with van der Waals surface area (Å²) in [5, 5.41) is 0. The Balaban J connectivity index is 5.23. The van der Waals surface area contributed by atoms with E-state index in [1.54, 1.807) is 0 Å². The van der Waals surface area contributed by atoms with E-state index < -0.39 is 10.8 Å². The Labute approximate surface area is 119 Å². The summed E-state index contributed by atoms with van der Waals surface area (Å²) in [6, 6.07) is 0. The quantitative estimate of drug-likeness (QED) is 0.743. The fourth-order valence-corrected chi connectivity index (χ4v) is 3.30. The molecule has 112 valence electrons. The summed E-state index contributed by atoms with van der Waals surface area (Å²) in [5.41, 5.74) is -1.71. The molecule has 0 amide bonds. The third kappa shape index (κ3) is 4.74. The molecular formula is C17H32O2. The molecule has 0 saturated carbocycles. The van der Waals surface area contributed by atoms with Crippen molar-refractivity contribution in [1.82, 2.24) is 0 Å². The lowest BCUT2D eigenvalue weighted by Crippen LogP contribution is -2.43. The monoisotopic (exact) mass is 268 g/mol. The SMILES string of the molecule is CC(C)(C)C(=O)C(C)(C)CC(C)(C)C(=O)C(C)(C)C. The Morgan fingerprint density at radius 2 is 0.789 bits per heavy atom. The minimum absolute atomic E-state index is 0.217. The van der Waals surface area contributed by atoms with Crippen LogP contribution in [-0.2, 0) is 9.59 Å². The van der Waals surface area contributed by atoms with Crippen molar-refractivity contribution in [2.24, 2.45) is 21.7 Å². The van der Waals surface area contributed by atoms with Crippen LogP contribution in [0.2, 0.25) is 0 Å². The largest absolute Gasteiger partial charge is 0.299 e. The summed E-state index contributed by atoms with van der Waals surface area (Å²) in [6.07, 6.45) is 0.589. The van der Waals surface area contributed by atoms with Gasteiger partial charge in [-0.2, -0.15) is 0 Å². The van der Waals surface area contributed by atoms with Gasteiger partial charge >= 0.3 is 0 Å². The Morgan fingerprint density at radius 1 is 0.579 bits per heavy atom. The highest BCUT2D eigenvalue weighted by Gasteiger charge is 2.44. The highest BCUT2D eigenvalue weighted by Crippen LogP contribution is 2.42. The lowest BCUT2D eigenvalue weighted by Gasteiger charge is -2.39. The van der Waals surface area contributed by atoms with Crippen molar-refractivity contribution in [1.29, 1.82) is 0 Å². The highest BCUT2D eigenvalue weighted by molar-refractivity contribution is 5.92. The van der Waals surface area contributed by atoms with E-state index in [1.165, 1.54) is 0 Å². The third-order valence-electron chi connectivity index (χ3n) is 3.48. The second-order valence-electron chi connectivity index (χ2n) is 9.10. The van der Waals surface area contributed by atoms with Crippen molar-refractivity contribution in [3.63, 3.8) is 0 Å². The molecule has 0 unspecified atom stereocenters. The first-order valence-corrected chi connectivity index (χ1v) is 7.12. The standard InChI is InChI=1S/C17H32O2/c1-14(2,3)12(18)16(7,8)11-17(9,10)13(19)15(4,5)6/h11H2,1-10H3. The number of ketones is 2. The van der Waals surface area contributed by atoms with Gasteiger partial charge in [-0.1, -0.05) is 69.2 Å². The molecule has 0 aliphatic carbocycles. The van der Waals surface area contributed by atoms with E-state index >= 15 is 0 Å². The van der Waals surface area contributed by atoms with Crippen LogP contribution in [0.15, 0.2) is 0 Å². The van der Waals surface area contributed by atoms with Crippen molar-refractivity contribution in [3.05, 3.63) is 0 Å². The third-order valence-corrected chi connectivity index (χ3v) is 3.48. The van der Waals surface area contributed by atoms with Crippen molar-refractivity contribution >= 4 is 11.6 Å². The molecule has 0 aliphatic rings. The predicted molar refractivity (Wildman–Crippen MR) is 81.1 cm³/mol. The van der Waals surface area contributed by atoms with Crippen LogP contribution in [0, 0.1) is 21.7 Å². The van der Waals surface area contributed by atoms with E-state index in [0.717, 1.165) is 0 Å². The topological polar surface area (TPSA) is 34.1 Å². The van der Waals surface area contributed by atoms with Gasteiger partial charge in [0.25, 0.3) is 0 Å². The zero-order chi connectivity index (χ0) is 15.9. The molecule has 0 bridgehead atoms. The van der Waals surface area contributed by atoms with Crippen LogP contribution in [0.3, 0.4) is 0 Å². The molecule has 0 heterocycles. The van der Waals surface area contributed by atoms with E-state index in [2.05, 4.69) is 0 Å². The molecule has 0 aromatic heterocycles. The molecule has 0 aliphatic heterocycles. The van der Waals surface area contributed by atoms with Gasteiger partial charge in [-0.3, -0.25) is 9.59 Å². The molecule has 0 N–H and O–H groups in total. The van der Waals surface area contributed by atoms with Gasteiger partial charge in [-0.05, 0) is 6.42 Å². The van der Waals surface area contributed by atoms with E-state index in [1.807, 2.05) is 69.2 Å². The lowest BCUT2D eigenvalue weighted by molar-refractivity contribution is -0.142. The van der Waals surface area contributed by atoms with Gasteiger partial charge in [0.2, 0.25) is 0 Å². The normalized spacial score (nSPS) is 14.4. The van der Waals surface area contributed by atoms with Crippen LogP contribution in [0.25, 0.3) is 0 Å². The average Bonchev–Trinajstić information content (AvgIpc) is 2.10. The summed E-state index contributed by atoms with van der Waals surface area (Å²) < 4.78 is 0. The number of Topliss-reactive ketones (excluding diaryl/α,β-unsaturated/α-hetero) is 2. The van der Waals surface area contributed by atoms with Crippen molar-refractivity contribution in [2.75, 3.05) is 0 Å². The fraction of sp³-hybridized carbons (Fsp3) is 0.882. The van der Waals surface area contributed by atoms with Crippen molar-refractivity contribution in [3.8, 4) is 0 Å². The van der Waals surface area contributed by atoms with Crippen LogP contribution in [0.4, 0.5) is 0 Å². The Hall–Kier alpha value is -0.660. The summed E-state index contributed by atoms with van der Waals surface area (Å²) >= 11 is 0. The molecule has 19 heavy (non-hydrogen) atoms. The Bertz CT molecular complexity index is 324. The molecule has 0 saturated heterocycles. The first-order valence-electron chi connectivity index (χ1n) is 7.12. The molecule has 0 rings (SSSR count). The molecule has 0 atom stereocenters. The zero-order valence-electron chi connectivity index (χ0n) is 14.5. The fourth-order valence-electron chi connectivity index (χ4n) is 3.30. The molecule has 0 aromatic rings. The van der Waals surface area contributed by atoms with E-state index in [-0.39, 0.29) is 22.4 Å². The van der Waals surface area contributed by atoms with Crippen LogP contribution < -0.4 is 0 Å². The van der Waals surface area contributed by atoms with Gasteiger partial charge in [0.05, 0.1) is 0 Å². The maximum atomic E-state index is 12.5. The maximum absolute atomic E-state index is 12.5. The summed E-state index contributed by atoms with van der Waals surface area (Å²) in [5.74, 6) is 0.435. The highest BCUT2D eigenvalue weighted by atomic mass is 16.1. The van der Waals surface area contributed by atoms with Gasteiger partial charge in [0.1, 0.15) is 11.6 Å².